The van der Waals surface area contributed by atoms with Crippen LogP contribution in [0.5, 0.6) is 0 Å². The average molecular weight is 280 g/mol. The Kier molecular flexibility index (Phi) is 6.27. The van der Waals surface area contributed by atoms with Gasteiger partial charge in [0.2, 0.25) is 15.9 Å². The largest absolute Gasteiger partial charge is 0.480 e. The molecule has 0 atom stereocenters. The smallest absolute Gasteiger partial charge is 0.322 e. The zero-order valence-corrected chi connectivity index (χ0v) is 11.6. The number of aliphatic carboxylic acids is 1. The summed E-state index contributed by atoms with van der Waals surface area (Å²) in [5, 5.41) is 10.4. The summed E-state index contributed by atoms with van der Waals surface area (Å²) in [7, 11) is -3.51. The summed E-state index contributed by atoms with van der Waals surface area (Å²) >= 11 is 0. The van der Waals surface area contributed by atoms with Crippen LogP contribution < -0.4 is 10.0 Å². The number of amides is 1. The average Bonchev–Trinajstić information content (AvgIpc) is 2.20. The number of carboxylic acids is 1. The van der Waals surface area contributed by atoms with E-state index in [9.17, 15) is 18.0 Å². The van der Waals surface area contributed by atoms with Crippen LogP contribution in [0.4, 0.5) is 0 Å². The van der Waals surface area contributed by atoms with E-state index in [0.717, 1.165) is 0 Å². The third-order valence-corrected chi connectivity index (χ3v) is 3.34. The van der Waals surface area contributed by atoms with Gasteiger partial charge in [-0.05, 0) is 11.8 Å². The predicted octanol–water partition coefficient (Wildman–Crippen LogP) is -0.457. The highest BCUT2D eigenvalue weighted by Crippen LogP contribution is 2.18. The summed E-state index contributed by atoms with van der Waals surface area (Å²) in [4.78, 5) is 21.3. The predicted molar refractivity (Wildman–Crippen MR) is 66.5 cm³/mol. The van der Waals surface area contributed by atoms with E-state index in [1.807, 2.05) is 20.8 Å². The Labute approximate surface area is 107 Å². The molecule has 7 nitrogen and oxygen atoms in total. The van der Waals surface area contributed by atoms with E-state index < -0.39 is 35.0 Å². The normalized spacial score (nSPS) is 12.2. The molecule has 0 spiro atoms. The first-order valence-corrected chi connectivity index (χ1v) is 7.13. The number of nitrogens with one attached hydrogen (secondary N) is 2. The lowest BCUT2D eigenvalue weighted by Gasteiger charge is -2.17. The minimum absolute atomic E-state index is 0.0668. The van der Waals surface area contributed by atoms with Crippen LogP contribution in [-0.4, -0.2) is 44.2 Å². The Morgan fingerprint density at radius 1 is 1.17 bits per heavy atom. The number of rotatable bonds is 7. The van der Waals surface area contributed by atoms with Gasteiger partial charge in [-0.25, -0.2) is 13.1 Å². The van der Waals surface area contributed by atoms with Crippen LogP contribution in [0.25, 0.3) is 0 Å². The van der Waals surface area contributed by atoms with Crippen molar-refractivity contribution in [2.45, 2.75) is 27.2 Å². The van der Waals surface area contributed by atoms with Gasteiger partial charge in [0.1, 0.15) is 6.54 Å². The summed E-state index contributed by atoms with van der Waals surface area (Å²) in [6.07, 6.45) is 0.471. The molecule has 1 amide bonds. The molecule has 18 heavy (non-hydrogen) atoms. The van der Waals surface area contributed by atoms with Crippen molar-refractivity contribution in [3.63, 3.8) is 0 Å². The fourth-order valence-electron chi connectivity index (χ4n) is 0.925. The Hall–Kier alpha value is -1.15. The molecule has 0 aliphatic carbocycles. The number of carbonyl (C=O) groups is 2. The van der Waals surface area contributed by atoms with Crippen LogP contribution in [0, 0.1) is 5.41 Å². The first-order chi connectivity index (χ1) is 8.02. The van der Waals surface area contributed by atoms with Crippen molar-refractivity contribution in [1.82, 2.24) is 10.0 Å². The highest BCUT2D eigenvalue weighted by atomic mass is 32.2. The van der Waals surface area contributed by atoms with Crippen LogP contribution in [-0.2, 0) is 19.6 Å². The quantitative estimate of drug-likeness (QED) is 0.584. The SMILES string of the molecule is CC(C)(C)CCS(=O)(=O)NCC(=O)NCC(=O)O. The second-order valence-corrected chi connectivity index (χ2v) is 7.05. The molecule has 0 unspecified atom stereocenters. The van der Waals surface area contributed by atoms with Crippen LogP contribution in [0.15, 0.2) is 0 Å². The number of hydrogen-bond acceptors (Lipinski definition) is 4. The molecule has 8 heteroatoms. The Bertz CT molecular complexity index is 397. The van der Waals surface area contributed by atoms with E-state index in [1.165, 1.54) is 0 Å². The van der Waals surface area contributed by atoms with E-state index in [2.05, 4.69) is 10.0 Å². The molecule has 3 N–H and O–H groups in total. The first kappa shape index (κ1) is 16.9. The fraction of sp³-hybridized carbons (Fsp3) is 0.800. The summed E-state index contributed by atoms with van der Waals surface area (Å²) in [5.74, 6) is -1.92. The standard InChI is InChI=1S/C10H20N2O5S/c1-10(2,3)4-5-18(16,17)12-6-8(13)11-7-9(14)15/h12H,4-7H2,1-3H3,(H,11,13)(H,14,15). The summed E-state index contributed by atoms with van der Waals surface area (Å²) in [6.45, 7) is 4.79. The van der Waals surface area contributed by atoms with Gasteiger partial charge in [0.25, 0.3) is 0 Å². The third kappa shape index (κ3) is 10.0. The van der Waals surface area contributed by atoms with E-state index in [0.29, 0.717) is 6.42 Å². The first-order valence-electron chi connectivity index (χ1n) is 5.48. The maximum absolute atomic E-state index is 11.5. The van der Waals surface area contributed by atoms with Crippen molar-refractivity contribution in [2.75, 3.05) is 18.8 Å². The van der Waals surface area contributed by atoms with Gasteiger partial charge in [-0.1, -0.05) is 20.8 Å². The monoisotopic (exact) mass is 280 g/mol. The summed E-state index contributed by atoms with van der Waals surface area (Å²) < 4.78 is 25.1. The molecule has 0 aromatic carbocycles. The molecule has 0 saturated carbocycles. The molecule has 0 aliphatic rings. The van der Waals surface area contributed by atoms with Crippen molar-refractivity contribution in [2.24, 2.45) is 5.41 Å². The van der Waals surface area contributed by atoms with Gasteiger partial charge >= 0.3 is 5.97 Å². The minimum Gasteiger partial charge on any atom is -0.480 e. The molecule has 0 fully saturated rings. The zero-order valence-electron chi connectivity index (χ0n) is 10.8. The molecule has 106 valence electrons. The second kappa shape index (κ2) is 6.69. The number of sulfonamides is 1. The van der Waals surface area contributed by atoms with Crippen LogP contribution in [0.2, 0.25) is 0 Å². The molecule has 0 rings (SSSR count). The minimum atomic E-state index is -3.51. The molecular formula is C10H20N2O5S. The maximum Gasteiger partial charge on any atom is 0.322 e. The molecule has 0 aliphatic heterocycles. The van der Waals surface area contributed by atoms with Crippen LogP contribution in [0.1, 0.15) is 27.2 Å². The van der Waals surface area contributed by atoms with Gasteiger partial charge in [0.15, 0.2) is 0 Å². The van der Waals surface area contributed by atoms with Crippen LogP contribution in [0.3, 0.4) is 0 Å². The number of hydrogen-bond donors (Lipinski definition) is 3. The Morgan fingerprint density at radius 2 is 1.72 bits per heavy atom. The number of carbonyl (C=O) groups excluding carboxylic acids is 1. The Balaban J connectivity index is 4.04. The second-order valence-electron chi connectivity index (χ2n) is 5.12. The van der Waals surface area contributed by atoms with Crippen LogP contribution >= 0.6 is 0 Å². The van der Waals surface area contributed by atoms with Gasteiger partial charge < -0.3 is 10.4 Å². The molecule has 0 saturated heterocycles. The van der Waals surface area contributed by atoms with E-state index in [4.69, 9.17) is 5.11 Å². The van der Waals surface area contributed by atoms with E-state index in [-0.39, 0.29) is 11.2 Å². The molecule has 0 bridgehead atoms. The molecular weight excluding hydrogens is 260 g/mol. The summed E-state index contributed by atoms with van der Waals surface area (Å²) in [5.41, 5.74) is -0.111. The summed E-state index contributed by atoms with van der Waals surface area (Å²) in [6, 6.07) is 0. The Morgan fingerprint density at radius 3 is 2.17 bits per heavy atom. The lowest BCUT2D eigenvalue weighted by molar-refractivity contribution is -0.137. The van der Waals surface area contributed by atoms with Gasteiger partial charge in [-0.3, -0.25) is 9.59 Å². The van der Waals surface area contributed by atoms with Crippen molar-refractivity contribution < 1.29 is 23.1 Å². The van der Waals surface area contributed by atoms with Gasteiger partial charge in [-0.2, -0.15) is 0 Å². The number of carboxylic acid groups (broad SMARTS) is 1. The van der Waals surface area contributed by atoms with Crippen molar-refractivity contribution in [3.8, 4) is 0 Å². The van der Waals surface area contributed by atoms with E-state index >= 15 is 0 Å². The molecule has 0 aromatic rings. The highest BCUT2D eigenvalue weighted by Gasteiger charge is 2.18. The molecule has 0 aromatic heterocycles. The van der Waals surface area contributed by atoms with E-state index in [1.54, 1.807) is 0 Å². The lowest BCUT2D eigenvalue weighted by atomic mass is 9.94. The zero-order chi connectivity index (χ0) is 14.4. The maximum atomic E-state index is 11.5. The van der Waals surface area contributed by atoms with Gasteiger partial charge in [0, 0.05) is 0 Å². The lowest BCUT2D eigenvalue weighted by Crippen LogP contribution is -2.40. The van der Waals surface area contributed by atoms with Crippen molar-refractivity contribution >= 4 is 21.9 Å². The molecule has 0 radical (unpaired) electrons. The highest BCUT2D eigenvalue weighted by molar-refractivity contribution is 7.89. The van der Waals surface area contributed by atoms with Crippen molar-refractivity contribution in [3.05, 3.63) is 0 Å². The topological polar surface area (TPSA) is 113 Å². The third-order valence-electron chi connectivity index (χ3n) is 2.01. The fourth-order valence-corrected chi connectivity index (χ4v) is 2.30. The van der Waals surface area contributed by atoms with Gasteiger partial charge in [0.05, 0.1) is 12.3 Å². The van der Waals surface area contributed by atoms with Crippen molar-refractivity contribution in [1.29, 1.82) is 0 Å². The van der Waals surface area contributed by atoms with Gasteiger partial charge in [-0.15, -0.1) is 0 Å². The molecule has 0 heterocycles.